The molecule has 5 nitrogen and oxygen atoms in total. The number of hydrogen-bond acceptors (Lipinski definition) is 3. The summed E-state index contributed by atoms with van der Waals surface area (Å²) >= 11 is 0. The minimum atomic E-state index is -2.90. The highest BCUT2D eigenvalue weighted by Gasteiger charge is 2.12. The number of hydrogen-bond donors (Lipinski definition) is 2. The van der Waals surface area contributed by atoms with Crippen LogP contribution < -0.4 is 20.1 Å². The van der Waals surface area contributed by atoms with Crippen LogP contribution in [-0.4, -0.2) is 32.8 Å². The zero-order valence-electron chi connectivity index (χ0n) is 13.9. The quantitative estimate of drug-likeness (QED) is 0.259. The molecule has 0 spiro atoms. The number of nitrogens with one attached hydrogen (secondary N) is 2. The molecule has 0 fully saturated rings. The van der Waals surface area contributed by atoms with Crippen LogP contribution in [-0.2, 0) is 6.54 Å². The van der Waals surface area contributed by atoms with Crippen LogP contribution in [0, 0.1) is 0 Å². The van der Waals surface area contributed by atoms with Gasteiger partial charge in [0.05, 0.1) is 6.61 Å². The molecule has 1 rings (SSSR count). The molecule has 0 saturated carbocycles. The normalized spacial score (nSPS) is 10.8. The van der Waals surface area contributed by atoms with Gasteiger partial charge in [0.2, 0.25) is 0 Å². The van der Waals surface area contributed by atoms with Gasteiger partial charge in [-0.3, -0.25) is 4.99 Å². The Balaban J connectivity index is 0.00000529. The lowest BCUT2D eigenvalue weighted by Gasteiger charge is -2.15. The Labute approximate surface area is 158 Å². The van der Waals surface area contributed by atoms with Gasteiger partial charge in [-0.05, 0) is 18.6 Å². The van der Waals surface area contributed by atoms with Gasteiger partial charge in [0.1, 0.15) is 11.5 Å². The maximum atomic E-state index is 12.6. The molecular weight excluding hydrogens is 431 g/mol. The van der Waals surface area contributed by atoms with Gasteiger partial charge in [0.25, 0.3) is 0 Å². The highest BCUT2D eigenvalue weighted by atomic mass is 127. The molecule has 136 valence electrons. The van der Waals surface area contributed by atoms with E-state index in [4.69, 9.17) is 4.74 Å². The monoisotopic (exact) mass is 455 g/mol. The largest absolute Gasteiger partial charge is 0.493 e. The Morgan fingerprint density at radius 2 is 2.12 bits per heavy atom. The standard InChI is InChI=1S/C16H23F2N3O2.HI/c1-4-8-20-16(19-3)21-11-12-6-7-13(22-9-5-2)10-14(12)23-15(17)18;/h4,6-7,10,15H,1,5,8-9,11H2,2-3H3,(H2,19,20,21);1H. The molecule has 0 aliphatic rings. The van der Waals surface area contributed by atoms with E-state index in [1.807, 2.05) is 6.92 Å². The summed E-state index contributed by atoms with van der Waals surface area (Å²) in [5, 5.41) is 6.02. The Kier molecular flexibility index (Phi) is 12.0. The van der Waals surface area contributed by atoms with Gasteiger partial charge < -0.3 is 20.1 Å². The number of aliphatic imine (C=N–C) groups is 1. The molecule has 2 N–H and O–H groups in total. The van der Waals surface area contributed by atoms with Crippen molar-refractivity contribution in [2.24, 2.45) is 4.99 Å². The van der Waals surface area contributed by atoms with Gasteiger partial charge >= 0.3 is 6.61 Å². The average Bonchev–Trinajstić information content (AvgIpc) is 2.54. The van der Waals surface area contributed by atoms with E-state index >= 15 is 0 Å². The highest BCUT2D eigenvalue weighted by molar-refractivity contribution is 14.0. The Hall–Kier alpha value is -1.58. The van der Waals surface area contributed by atoms with E-state index in [2.05, 4.69) is 26.9 Å². The molecule has 0 unspecified atom stereocenters. The molecule has 0 atom stereocenters. The third-order valence-corrected chi connectivity index (χ3v) is 2.81. The first-order chi connectivity index (χ1) is 11.1. The maximum absolute atomic E-state index is 12.6. The Bertz CT molecular complexity index is 528. The SMILES string of the molecule is C=CCNC(=NC)NCc1ccc(OCCC)cc1OC(F)F.I. The van der Waals surface area contributed by atoms with Crippen molar-refractivity contribution in [3.05, 3.63) is 36.4 Å². The number of alkyl halides is 2. The van der Waals surface area contributed by atoms with Crippen LogP contribution in [0.25, 0.3) is 0 Å². The molecule has 0 saturated heterocycles. The van der Waals surface area contributed by atoms with Crippen molar-refractivity contribution >= 4 is 29.9 Å². The van der Waals surface area contributed by atoms with Gasteiger partial charge in [-0.25, -0.2) is 0 Å². The maximum Gasteiger partial charge on any atom is 0.387 e. The van der Waals surface area contributed by atoms with Gasteiger partial charge in [-0.2, -0.15) is 8.78 Å². The third kappa shape index (κ3) is 8.32. The van der Waals surface area contributed by atoms with Crippen molar-refractivity contribution in [3.8, 4) is 11.5 Å². The number of halogens is 3. The fourth-order valence-corrected chi connectivity index (χ4v) is 1.76. The molecule has 0 aliphatic heterocycles. The molecule has 1 aromatic rings. The summed E-state index contributed by atoms with van der Waals surface area (Å²) in [5.74, 6) is 1.12. The summed E-state index contributed by atoms with van der Waals surface area (Å²) in [7, 11) is 1.62. The second-order valence-electron chi connectivity index (χ2n) is 4.59. The second-order valence-corrected chi connectivity index (χ2v) is 4.59. The lowest BCUT2D eigenvalue weighted by molar-refractivity contribution is -0.0505. The first kappa shape index (κ1) is 22.4. The Morgan fingerprint density at radius 3 is 2.71 bits per heavy atom. The molecule has 0 aliphatic carbocycles. The molecule has 24 heavy (non-hydrogen) atoms. The minimum Gasteiger partial charge on any atom is -0.493 e. The molecule has 0 amide bonds. The van der Waals surface area contributed by atoms with Crippen molar-refractivity contribution in [1.82, 2.24) is 10.6 Å². The zero-order valence-corrected chi connectivity index (χ0v) is 16.2. The first-order valence-corrected chi connectivity index (χ1v) is 7.36. The summed E-state index contributed by atoms with van der Waals surface area (Å²) in [6.45, 7) is 4.03. The fourth-order valence-electron chi connectivity index (χ4n) is 1.76. The summed E-state index contributed by atoms with van der Waals surface area (Å²) < 4.78 is 35.2. The molecule has 0 bridgehead atoms. The van der Waals surface area contributed by atoms with Crippen molar-refractivity contribution in [3.63, 3.8) is 0 Å². The lowest BCUT2D eigenvalue weighted by Crippen LogP contribution is -2.36. The fraction of sp³-hybridized carbons (Fsp3) is 0.438. The summed E-state index contributed by atoms with van der Waals surface area (Å²) in [6.07, 6.45) is 2.53. The first-order valence-electron chi connectivity index (χ1n) is 7.36. The molecular formula is C16H24F2IN3O2. The van der Waals surface area contributed by atoms with Crippen LogP contribution in [0.2, 0.25) is 0 Å². The van der Waals surface area contributed by atoms with Gasteiger partial charge in [-0.1, -0.05) is 13.0 Å². The zero-order chi connectivity index (χ0) is 17.1. The number of rotatable bonds is 9. The molecule has 0 radical (unpaired) electrons. The molecule has 0 aromatic heterocycles. The molecule has 8 heteroatoms. The highest BCUT2D eigenvalue weighted by Crippen LogP contribution is 2.26. The van der Waals surface area contributed by atoms with E-state index in [1.54, 1.807) is 25.3 Å². The Morgan fingerprint density at radius 1 is 1.38 bits per heavy atom. The molecule has 0 heterocycles. The second kappa shape index (κ2) is 12.8. The van der Waals surface area contributed by atoms with Crippen LogP contribution >= 0.6 is 24.0 Å². The van der Waals surface area contributed by atoms with Crippen molar-refractivity contribution in [1.29, 1.82) is 0 Å². The van der Waals surface area contributed by atoms with E-state index in [9.17, 15) is 8.78 Å². The van der Waals surface area contributed by atoms with Crippen molar-refractivity contribution in [2.75, 3.05) is 20.2 Å². The third-order valence-electron chi connectivity index (χ3n) is 2.81. The predicted octanol–water partition coefficient (Wildman–Crippen LogP) is 3.55. The number of ether oxygens (including phenoxy) is 2. The van der Waals surface area contributed by atoms with Crippen molar-refractivity contribution in [2.45, 2.75) is 26.5 Å². The minimum absolute atomic E-state index is 0. The molecule has 1 aromatic carbocycles. The number of nitrogens with zero attached hydrogens (tertiary/aromatic N) is 1. The topological polar surface area (TPSA) is 54.9 Å². The van der Waals surface area contributed by atoms with Crippen LogP contribution in [0.1, 0.15) is 18.9 Å². The summed E-state index contributed by atoms with van der Waals surface area (Å²) in [6, 6.07) is 4.89. The van der Waals surface area contributed by atoms with Crippen LogP contribution in [0.5, 0.6) is 11.5 Å². The van der Waals surface area contributed by atoms with Crippen LogP contribution in [0.4, 0.5) is 8.78 Å². The van der Waals surface area contributed by atoms with E-state index in [1.165, 1.54) is 6.07 Å². The summed E-state index contributed by atoms with van der Waals surface area (Å²) in [4.78, 5) is 4.02. The van der Waals surface area contributed by atoms with E-state index in [0.29, 0.717) is 30.4 Å². The average molecular weight is 455 g/mol. The van der Waals surface area contributed by atoms with Gasteiger partial charge in [0.15, 0.2) is 5.96 Å². The van der Waals surface area contributed by atoms with E-state index < -0.39 is 6.61 Å². The predicted molar refractivity (Wildman–Crippen MR) is 103 cm³/mol. The van der Waals surface area contributed by atoms with Gasteiger partial charge in [0, 0.05) is 31.8 Å². The van der Waals surface area contributed by atoms with E-state index in [-0.39, 0.29) is 36.3 Å². The number of guanidine groups is 1. The number of benzene rings is 1. The lowest BCUT2D eigenvalue weighted by atomic mass is 10.2. The summed E-state index contributed by atoms with van der Waals surface area (Å²) in [5.41, 5.74) is 0.579. The van der Waals surface area contributed by atoms with E-state index in [0.717, 1.165) is 6.42 Å². The van der Waals surface area contributed by atoms with Crippen molar-refractivity contribution < 1.29 is 18.3 Å². The van der Waals surface area contributed by atoms with Crippen LogP contribution in [0.15, 0.2) is 35.8 Å². The van der Waals surface area contributed by atoms with Gasteiger partial charge in [-0.15, -0.1) is 30.6 Å². The smallest absolute Gasteiger partial charge is 0.387 e. The van der Waals surface area contributed by atoms with Crippen LogP contribution in [0.3, 0.4) is 0 Å².